The monoisotopic (exact) mass is 307 g/mol. The molecule has 0 unspecified atom stereocenters. The molecular formula is C14H14ClN3O3. The van der Waals surface area contributed by atoms with Crippen LogP contribution in [0.5, 0.6) is 5.75 Å². The summed E-state index contributed by atoms with van der Waals surface area (Å²) in [4.78, 5) is 15.4. The van der Waals surface area contributed by atoms with E-state index in [9.17, 15) is 4.79 Å². The molecule has 6 nitrogen and oxygen atoms in total. The molecule has 0 aliphatic rings. The van der Waals surface area contributed by atoms with Gasteiger partial charge in [-0.3, -0.25) is 0 Å². The minimum Gasteiger partial charge on any atom is -0.497 e. The maximum Gasteiger partial charge on any atom is 0.427 e. The molecule has 21 heavy (non-hydrogen) atoms. The summed E-state index contributed by atoms with van der Waals surface area (Å²) in [6.07, 6.45) is 0.783. The molecule has 0 saturated carbocycles. The molecule has 0 fully saturated rings. The zero-order valence-corrected chi connectivity index (χ0v) is 12.3. The van der Waals surface area contributed by atoms with Crippen LogP contribution in [0.4, 0.5) is 4.79 Å². The van der Waals surface area contributed by atoms with Crippen LogP contribution in [0, 0.1) is 0 Å². The Balaban J connectivity index is 2.24. The van der Waals surface area contributed by atoms with Gasteiger partial charge in [-0.25, -0.2) is 15.2 Å². The van der Waals surface area contributed by atoms with Gasteiger partial charge >= 0.3 is 6.09 Å². The Morgan fingerprint density at radius 2 is 2.29 bits per heavy atom. The number of carbonyl (C=O) groups excluding carboxylic acids is 1. The van der Waals surface area contributed by atoms with Crippen LogP contribution >= 0.6 is 11.6 Å². The van der Waals surface area contributed by atoms with Gasteiger partial charge in [-0.05, 0) is 31.2 Å². The molecule has 110 valence electrons. The first-order valence-electron chi connectivity index (χ1n) is 6.24. The van der Waals surface area contributed by atoms with Crippen molar-refractivity contribution in [2.75, 3.05) is 13.7 Å². The number of halogens is 1. The third kappa shape index (κ3) is 3.82. The van der Waals surface area contributed by atoms with Gasteiger partial charge in [0.2, 0.25) is 0 Å². The molecule has 7 heteroatoms. The molecule has 1 amide bonds. The first kappa shape index (κ1) is 15.1. The van der Waals surface area contributed by atoms with Crippen molar-refractivity contribution in [3.8, 4) is 5.75 Å². The number of nitrogens with zero attached hydrogens (tertiary/aromatic N) is 2. The quantitative estimate of drug-likeness (QED) is 0.535. The largest absolute Gasteiger partial charge is 0.497 e. The summed E-state index contributed by atoms with van der Waals surface area (Å²) in [6.45, 7) is 1.99. The Kier molecular flexibility index (Phi) is 4.94. The van der Waals surface area contributed by atoms with Crippen molar-refractivity contribution in [1.29, 1.82) is 0 Å². The number of carbonyl (C=O) groups is 1. The smallest absolute Gasteiger partial charge is 0.427 e. The van der Waals surface area contributed by atoms with Crippen LogP contribution < -0.4 is 10.2 Å². The van der Waals surface area contributed by atoms with E-state index in [1.54, 1.807) is 14.0 Å². The van der Waals surface area contributed by atoms with Crippen LogP contribution in [0.3, 0.4) is 0 Å². The van der Waals surface area contributed by atoms with E-state index in [0.29, 0.717) is 10.7 Å². The van der Waals surface area contributed by atoms with Gasteiger partial charge in [-0.1, -0.05) is 11.6 Å². The Morgan fingerprint density at radius 1 is 1.48 bits per heavy atom. The van der Waals surface area contributed by atoms with Crippen molar-refractivity contribution in [3.05, 3.63) is 35.0 Å². The first-order valence-corrected chi connectivity index (χ1v) is 6.62. The highest BCUT2D eigenvalue weighted by atomic mass is 35.5. The molecule has 1 N–H and O–H groups in total. The lowest BCUT2D eigenvalue weighted by Gasteiger charge is -2.04. The highest BCUT2D eigenvalue weighted by Crippen LogP contribution is 2.23. The number of pyridine rings is 1. The molecule has 0 bridgehead atoms. The van der Waals surface area contributed by atoms with Crippen LogP contribution in [0.1, 0.15) is 12.5 Å². The molecule has 0 saturated heterocycles. The van der Waals surface area contributed by atoms with E-state index in [0.717, 1.165) is 16.7 Å². The number of hydrogen-bond acceptors (Lipinski definition) is 5. The molecular weight excluding hydrogens is 294 g/mol. The van der Waals surface area contributed by atoms with Gasteiger partial charge in [0.25, 0.3) is 0 Å². The van der Waals surface area contributed by atoms with Gasteiger partial charge in [-0.2, -0.15) is 5.10 Å². The fraction of sp³-hybridized carbons (Fsp3) is 0.214. The lowest BCUT2D eigenvalue weighted by molar-refractivity contribution is 0.152. The van der Waals surface area contributed by atoms with E-state index in [1.165, 1.54) is 6.21 Å². The van der Waals surface area contributed by atoms with Crippen molar-refractivity contribution in [2.24, 2.45) is 5.10 Å². The number of benzene rings is 1. The van der Waals surface area contributed by atoms with Crippen LogP contribution in [-0.4, -0.2) is 31.0 Å². The van der Waals surface area contributed by atoms with E-state index >= 15 is 0 Å². The minimum absolute atomic E-state index is 0.277. The molecule has 0 atom stereocenters. The number of fused-ring (bicyclic) bond motifs is 1. The Labute approximate surface area is 126 Å². The van der Waals surface area contributed by atoms with Gasteiger partial charge in [0.15, 0.2) is 0 Å². The number of methoxy groups -OCH3 is 1. The second-order valence-corrected chi connectivity index (χ2v) is 4.38. The average molecular weight is 308 g/mol. The Hall–Kier alpha value is -2.34. The van der Waals surface area contributed by atoms with E-state index in [4.69, 9.17) is 16.3 Å². The van der Waals surface area contributed by atoms with Crippen LogP contribution in [-0.2, 0) is 4.74 Å². The van der Waals surface area contributed by atoms with E-state index < -0.39 is 6.09 Å². The Bertz CT molecular complexity index is 688. The SMILES string of the molecule is CCOC(=O)N/N=C\c1cc2cc(OC)ccc2nc1Cl. The molecule has 0 aliphatic carbocycles. The second kappa shape index (κ2) is 6.90. The lowest BCUT2D eigenvalue weighted by Crippen LogP contribution is -2.18. The summed E-state index contributed by atoms with van der Waals surface area (Å²) in [6, 6.07) is 7.28. The van der Waals surface area contributed by atoms with Crippen molar-refractivity contribution in [2.45, 2.75) is 6.92 Å². The number of rotatable bonds is 4. The maximum absolute atomic E-state index is 11.1. The third-order valence-electron chi connectivity index (χ3n) is 2.64. The summed E-state index contributed by atoms with van der Waals surface area (Å²) in [5.41, 5.74) is 3.55. The van der Waals surface area contributed by atoms with Crippen LogP contribution in [0.2, 0.25) is 5.15 Å². The Morgan fingerprint density at radius 3 is 3.00 bits per heavy atom. The molecule has 1 aromatic carbocycles. The van der Waals surface area contributed by atoms with Gasteiger partial charge in [0.1, 0.15) is 10.9 Å². The molecule has 2 aromatic rings. The predicted molar refractivity (Wildman–Crippen MR) is 81.1 cm³/mol. The summed E-state index contributed by atoms with van der Waals surface area (Å²) in [5.74, 6) is 0.721. The molecule has 1 heterocycles. The summed E-state index contributed by atoms with van der Waals surface area (Å²) >= 11 is 6.08. The van der Waals surface area contributed by atoms with Crippen molar-refractivity contribution < 1.29 is 14.3 Å². The van der Waals surface area contributed by atoms with Crippen LogP contribution in [0.15, 0.2) is 29.4 Å². The molecule has 0 aliphatic heterocycles. The van der Waals surface area contributed by atoms with Gasteiger partial charge in [-0.15, -0.1) is 0 Å². The van der Waals surface area contributed by atoms with E-state index in [2.05, 4.69) is 20.2 Å². The summed E-state index contributed by atoms with van der Waals surface area (Å²) < 4.78 is 9.85. The normalized spacial score (nSPS) is 10.8. The molecule has 0 spiro atoms. The fourth-order valence-corrected chi connectivity index (χ4v) is 1.88. The number of ether oxygens (including phenoxy) is 2. The highest BCUT2D eigenvalue weighted by Gasteiger charge is 2.05. The van der Waals surface area contributed by atoms with E-state index in [1.807, 2.05) is 24.3 Å². The number of aromatic nitrogens is 1. The minimum atomic E-state index is -0.625. The summed E-state index contributed by atoms with van der Waals surface area (Å²) in [5, 5.41) is 4.92. The topological polar surface area (TPSA) is 72.8 Å². The predicted octanol–water partition coefficient (Wildman–Crippen LogP) is 2.98. The van der Waals surface area contributed by atoms with Gasteiger partial charge in [0, 0.05) is 10.9 Å². The van der Waals surface area contributed by atoms with Crippen molar-refractivity contribution in [3.63, 3.8) is 0 Å². The zero-order valence-electron chi connectivity index (χ0n) is 11.6. The average Bonchev–Trinajstić information content (AvgIpc) is 2.47. The summed E-state index contributed by atoms with van der Waals surface area (Å²) in [7, 11) is 1.59. The van der Waals surface area contributed by atoms with Crippen LogP contribution in [0.25, 0.3) is 10.9 Å². The van der Waals surface area contributed by atoms with E-state index in [-0.39, 0.29) is 6.61 Å². The molecule has 0 radical (unpaired) electrons. The lowest BCUT2D eigenvalue weighted by atomic mass is 10.1. The third-order valence-corrected chi connectivity index (χ3v) is 2.94. The maximum atomic E-state index is 11.1. The standard InChI is InChI=1S/C14H14ClN3O3/c1-3-21-14(19)18-16-8-10-6-9-7-11(20-2)4-5-12(9)17-13(10)15/h4-8H,3H2,1-2H3,(H,18,19)/b16-8-. The molecule has 2 rings (SSSR count). The fourth-order valence-electron chi connectivity index (χ4n) is 1.68. The van der Waals surface area contributed by atoms with Crippen molar-refractivity contribution >= 4 is 34.8 Å². The molecule has 1 aromatic heterocycles. The highest BCUT2D eigenvalue weighted by molar-refractivity contribution is 6.32. The van der Waals surface area contributed by atoms with Gasteiger partial charge < -0.3 is 9.47 Å². The zero-order chi connectivity index (χ0) is 15.2. The number of hydrogen-bond donors (Lipinski definition) is 1. The number of hydrazone groups is 1. The van der Waals surface area contributed by atoms with Gasteiger partial charge in [0.05, 0.1) is 25.4 Å². The number of amides is 1. The first-order chi connectivity index (χ1) is 10.1. The second-order valence-electron chi connectivity index (χ2n) is 4.02. The number of nitrogens with one attached hydrogen (secondary N) is 1. The van der Waals surface area contributed by atoms with Crippen molar-refractivity contribution in [1.82, 2.24) is 10.4 Å².